The number of likely N-dealkylation sites (tertiary alicyclic amines) is 1. The topological polar surface area (TPSA) is 73.8 Å². The van der Waals surface area contributed by atoms with Crippen LogP contribution in [0.2, 0.25) is 0 Å². The van der Waals surface area contributed by atoms with Crippen molar-refractivity contribution in [3.05, 3.63) is 76.2 Å². The predicted octanol–water partition coefficient (Wildman–Crippen LogP) is 2.95. The molecular weight excluding hydrogens is 433 g/mol. The number of halogens is 1. The summed E-state index contributed by atoms with van der Waals surface area (Å²) in [4.78, 5) is 19.5. The quantitative estimate of drug-likeness (QED) is 0.402. The molecule has 178 valence electrons. The van der Waals surface area contributed by atoms with E-state index in [1.165, 1.54) is 21.5 Å². The number of piperidine rings is 1. The smallest absolute Gasteiger partial charge is 0.323 e. The van der Waals surface area contributed by atoms with Crippen molar-refractivity contribution < 1.29 is 4.39 Å². The molecule has 34 heavy (non-hydrogen) atoms. The molecule has 0 N–H and O–H groups in total. The minimum atomic E-state index is -0.217. The number of fused-ring (bicyclic) bond motifs is 1. The SMILES string of the molecule is CCn1nnn(CCN2CCC(Cc3nc4ccccc4n3Cc3ccc(F)cc3)CC2)c1=O. The van der Waals surface area contributed by atoms with Gasteiger partial charge in [-0.3, -0.25) is 0 Å². The van der Waals surface area contributed by atoms with Gasteiger partial charge in [0.2, 0.25) is 0 Å². The number of para-hydroxylation sites is 2. The van der Waals surface area contributed by atoms with Crippen molar-refractivity contribution in [1.29, 1.82) is 0 Å². The van der Waals surface area contributed by atoms with Crippen LogP contribution in [0.3, 0.4) is 0 Å². The zero-order chi connectivity index (χ0) is 23.5. The molecule has 1 fully saturated rings. The number of benzene rings is 2. The number of hydrogen-bond donors (Lipinski definition) is 0. The molecule has 1 saturated heterocycles. The molecule has 0 atom stereocenters. The van der Waals surface area contributed by atoms with Gasteiger partial charge in [0.05, 0.1) is 17.6 Å². The van der Waals surface area contributed by atoms with Crippen LogP contribution in [0, 0.1) is 11.7 Å². The second-order valence-corrected chi connectivity index (χ2v) is 9.02. The van der Waals surface area contributed by atoms with Crippen LogP contribution in [0.5, 0.6) is 0 Å². The van der Waals surface area contributed by atoms with Gasteiger partial charge in [-0.05, 0) is 79.0 Å². The number of aryl methyl sites for hydroxylation is 1. The fourth-order valence-electron chi connectivity index (χ4n) is 4.78. The van der Waals surface area contributed by atoms with Gasteiger partial charge >= 0.3 is 5.69 Å². The van der Waals surface area contributed by atoms with Gasteiger partial charge in [-0.15, -0.1) is 0 Å². The molecule has 5 rings (SSSR count). The Bertz CT molecular complexity index is 1300. The molecule has 0 amide bonds. The van der Waals surface area contributed by atoms with E-state index in [0.29, 0.717) is 25.6 Å². The van der Waals surface area contributed by atoms with Crippen molar-refractivity contribution in [2.45, 2.75) is 45.8 Å². The van der Waals surface area contributed by atoms with Gasteiger partial charge in [-0.2, -0.15) is 9.36 Å². The number of tetrazole rings is 1. The maximum Gasteiger partial charge on any atom is 0.363 e. The summed E-state index contributed by atoms with van der Waals surface area (Å²) in [6.45, 7) is 6.48. The normalized spacial score (nSPS) is 15.4. The van der Waals surface area contributed by atoms with E-state index < -0.39 is 0 Å². The first-order valence-electron chi connectivity index (χ1n) is 12.0. The van der Waals surface area contributed by atoms with Crippen LogP contribution in [-0.4, -0.2) is 53.9 Å². The van der Waals surface area contributed by atoms with Crippen LogP contribution in [0.4, 0.5) is 4.39 Å². The lowest BCUT2D eigenvalue weighted by Crippen LogP contribution is -2.38. The van der Waals surface area contributed by atoms with E-state index in [0.717, 1.165) is 61.3 Å². The molecule has 1 aliphatic rings. The zero-order valence-electron chi connectivity index (χ0n) is 19.5. The molecule has 3 heterocycles. The van der Waals surface area contributed by atoms with Crippen LogP contribution >= 0.6 is 0 Å². The van der Waals surface area contributed by atoms with Crippen LogP contribution in [-0.2, 0) is 26.1 Å². The van der Waals surface area contributed by atoms with E-state index in [2.05, 4.69) is 32.0 Å². The van der Waals surface area contributed by atoms with Crippen molar-refractivity contribution in [2.24, 2.45) is 5.92 Å². The van der Waals surface area contributed by atoms with Gasteiger partial charge in [-0.25, -0.2) is 14.2 Å². The largest absolute Gasteiger partial charge is 0.363 e. The average Bonchev–Trinajstić information content (AvgIpc) is 3.39. The summed E-state index contributed by atoms with van der Waals surface area (Å²) in [5, 5.41) is 7.86. The van der Waals surface area contributed by atoms with Gasteiger partial charge < -0.3 is 9.47 Å². The molecule has 0 spiro atoms. The summed E-state index contributed by atoms with van der Waals surface area (Å²) in [5.74, 6) is 1.43. The first-order chi connectivity index (χ1) is 16.6. The van der Waals surface area contributed by atoms with Crippen LogP contribution in [0.1, 0.15) is 31.2 Å². The molecule has 1 aliphatic heterocycles. The Morgan fingerprint density at radius 2 is 1.71 bits per heavy atom. The maximum atomic E-state index is 13.4. The molecule has 0 saturated carbocycles. The number of aromatic nitrogens is 6. The molecule has 0 bridgehead atoms. The second-order valence-electron chi connectivity index (χ2n) is 9.02. The third-order valence-electron chi connectivity index (χ3n) is 6.79. The first-order valence-corrected chi connectivity index (χ1v) is 12.0. The van der Waals surface area contributed by atoms with Gasteiger partial charge in [0.15, 0.2) is 0 Å². The minimum absolute atomic E-state index is 0.141. The summed E-state index contributed by atoms with van der Waals surface area (Å²) >= 11 is 0. The van der Waals surface area contributed by atoms with Gasteiger partial charge in [0, 0.05) is 26.1 Å². The molecule has 2 aromatic heterocycles. The highest BCUT2D eigenvalue weighted by atomic mass is 19.1. The van der Waals surface area contributed by atoms with Crippen LogP contribution in [0.15, 0.2) is 53.3 Å². The van der Waals surface area contributed by atoms with Crippen LogP contribution < -0.4 is 5.69 Å². The lowest BCUT2D eigenvalue weighted by atomic mass is 9.93. The summed E-state index contributed by atoms with van der Waals surface area (Å²) in [5.41, 5.74) is 3.04. The minimum Gasteiger partial charge on any atom is -0.323 e. The Kier molecular flexibility index (Phi) is 6.53. The molecule has 2 aromatic carbocycles. The highest BCUT2D eigenvalue weighted by molar-refractivity contribution is 5.76. The molecule has 4 aromatic rings. The van der Waals surface area contributed by atoms with Gasteiger partial charge in [0.1, 0.15) is 11.6 Å². The summed E-state index contributed by atoms with van der Waals surface area (Å²) in [7, 11) is 0. The summed E-state index contributed by atoms with van der Waals surface area (Å²) < 4.78 is 18.5. The monoisotopic (exact) mass is 463 g/mol. The molecule has 0 unspecified atom stereocenters. The van der Waals surface area contributed by atoms with Crippen molar-refractivity contribution in [2.75, 3.05) is 19.6 Å². The summed E-state index contributed by atoms with van der Waals surface area (Å²) in [6, 6.07) is 14.9. The second kappa shape index (κ2) is 9.89. The maximum absolute atomic E-state index is 13.4. The Labute approximate surface area is 197 Å². The lowest BCUT2D eigenvalue weighted by Gasteiger charge is -2.31. The zero-order valence-corrected chi connectivity index (χ0v) is 19.5. The van der Waals surface area contributed by atoms with Gasteiger partial charge in [0.25, 0.3) is 0 Å². The average molecular weight is 464 g/mol. The molecule has 9 heteroatoms. The highest BCUT2D eigenvalue weighted by Crippen LogP contribution is 2.25. The van der Waals surface area contributed by atoms with Gasteiger partial charge in [-0.1, -0.05) is 24.3 Å². The first kappa shape index (κ1) is 22.5. The Morgan fingerprint density at radius 3 is 2.44 bits per heavy atom. The lowest BCUT2D eigenvalue weighted by molar-refractivity contribution is 0.174. The van der Waals surface area contributed by atoms with E-state index in [1.807, 2.05) is 31.2 Å². The Morgan fingerprint density at radius 1 is 0.971 bits per heavy atom. The van der Waals surface area contributed by atoms with Crippen molar-refractivity contribution in [3.63, 3.8) is 0 Å². The van der Waals surface area contributed by atoms with E-state index in [1.54, 1.807) is 0 Å². The van der Waals surface area contributed by atoms with Crippen molar-refractivity contribution in [1.82, 2.24) is 34.2 Å². The summed E-state index contributed by atoms with van der Waals surface area (Å²) in [6.07, 6.45) is 3.11. The molecular formula is C25H30FN7O. The van der Waals surface area contributed by atoms with E-state index in [-0.39, 0.29) is 11.5 Å². The molecule has 0 aliphatic carbocycles. The number of imidazole rings is 1. The number of hydrogen-bond acceptors (Lipinski definition) is 5. The molecule has 0 radical (unpaired) electrons. The highest BCUT2D eigenvalue weighted by Gasteiger charge is 2.22. The van der Waals surface area contributed by atoms with E-state index in [4.69, 9.17) is 4.98 Å². The fraction of sp³-hybridized carbons (Fsp3) is 0.440. The predicted molar refractivity (Wildman–Crippen MR) is 128 cm³/mol. The number of nitrogens with zero attached hydrogens (tertiary/aromatic N) is 7. The third-order valence-corrected chi connectivity index (χ3v) is 6.79. The molecule has 8 nitrogen and oxygen atoms in total. The standard InChI is InChI=1S/C25H30FN7O/c1-2-32-25(34)33(29-28-32)16-15-30-13-11-19(12-14-30)17-24-27-22-5-3-4-6-23(22)31(24)18-20-7-9-21(26)10-8-20/h3-10,19H,2,11-18H2,1H3. The Hall–Kier alpha value is -3.33. The number of rotatable bonds is 8. The Balaban J connectivity index is 1.23. The van der Waals surface area contributed by atoms with Crippen LogP contribution in [0.25, 0.3) is 11.0 Å². The van der Waals surface area contributed by atoms with E-state index in [9.17, 15) is 9.18 Å². The van der Waals surface area contributed by atoms with Crippen molar-refractivity contribution >= 4 is 11.0 Å². The van der Waals surface area contributed by atoms with E-state index >= 15 is 0 Å². The van der Waals surface area contributed by atoms with Crippen molar-refractivity contribution in [3.8, 4) is 0 Å². The third kappa shape index (κ3) is 4.79. The fourth-order valence-corrected chi connectivity index (χ4v) is 4.78.